The normalized spacial score (nSPS) is 16.1. The summed E-state index contributed by atoms with van der Waals surface area (Å²) in [5, 5.41) is 3.43. The number of amides is 1. The van der Waals surface area contributed by atoms with E-state index in [1.54, 1.807) is 25.3 Å². The van der Waals surface area contributed by atoms with Crippen LogP contribution in [0.3, 0.4) is 0 Å². The van der Waals surface area contributed by atoms with Gasteiger partial charge in [0.25, 0.3) is 0 Å². The monoisotopic (exact) mass is 296 g/mol. The number of nitrogens with one attached hydrogen (secondary N) is 1. The van der Waals surface area contributed by atoms with Crippen molar-refractivity contribution in [3.8, 4) is 5.75 Å². The summed E-state index contributed by atoms with van der Waals surface area (Å²) in [5.41, 5.74) is 0.609. The first-order valence-electron chi connectivity index (χ1n) is 6.85. The second-order valence-corrected chi connectivity index (χ2v) is 5.82. The highest BCUT2D eigenvalue weighted by molar-refractivity contribution is 6.31. The third-order valence-electron chi connectivity index (χ3n) is 3.83. The van der Waals surface area contributed by atoms with Crippen molar-refractivity contribution < 1.29 is 9.53 Å². The summed E-state index contributed by atoms with van der Waals surface area (Å²) in [4.78, 5) is 14.2. The topological polar surface area (TPSA) is 41.6 Å². The molecule has 4 nitrogen and oxygen atoms in total. The molecule has 1 aromatic carbocycles. The zero-order valence-electron chi connectivity index (χ0n) is 12.1. The highest BCUT2D eigenvalue weighted by Crippen LogP contribution is 2.34. The molecule has 5 heteroatoms. The maximum Gasteiger partial charge on any atom is 0.238 e. The lowest BCUT2D eigenvalue weighted by Crippen LogP contribution is -2.37. The third-order valence-corrected chi connectivity index (χ3v) is 4.06. The summed E-state index contributed by atoms with van der Waals surface area (Å²) in [7, 11) is 3.55. The summed E-state index contributed by atoms with van der Waals surface area (Å²) >= 11 is 5.95. The molecule has 0 saturated heterocycles. The van der Waals surface area contributed by atoms with Crippen molar-refractivity contribution in [1.82, 2.24) is 4.90 Å². The average molecular weight is 297 g/mol. The minimum Gasteiger partial charge on any atom is -0.495 e. The van der Waals surface area contributed by atoms with Gasteiger partial charge in [0.1, 0.15) is 5.75 Å². The van der Waals surface area contributed by atoms with E-state index in [0.717, 1.165) is 5.92 Å². The second kappa shape index (κ2) is 6.46. The van der Waals surface area contributed by atoms with Gasteiger partial charge in [-0.25, -0.2) is 0 Å². The number of hydrogen-bond acceptors (Lipinski definition) is 3. The molecule has 2 rings (SSSR count). The summed E-state index contributed by atoms with van der Waals surface area (Å²) in [5.74, 6) is 1.30. The molecule has 0 spiro atoms. The van der Waals surface area contributed by atoms with Crippen LogP contribution in [-0.4, -0.2) is 37.6 Å². The van der Waals surface area contributed by atoms with Gasteiger partial charge in [0.2, 0.25) is 5.91 Å². The molecule has 1 N–H and O–H groups in total. The molecule has 0 heterocycles. The van der Waals surface area contributed by atoms with E-state index < -0.39 is 0 Å². The first kappa shape index (κ1) is 15.1. The van der Waals surface area contributed by atoms with Crippen LogP contribution in [0.4, 0.5) is 5.69 Å². The Balaban J connectivity index is 1.95. The van der Waals surface area contributed by atoms with E-state index in [1.165, 1.54) is 12.8 Å². The van der Waals surface area contributed by atoms with Gasteiger partial charge in [-0.2, -0.15) is 0 Å². The lowest BCUT2D eigenvalue weighted by Gasteiger charge is -2.24. The minimum atomic E-state index is -0.0550. The lowest BCUT2D eigenvalue weighted by atomic mass is 10.2. The van der Waals surface area contributed by atoms with Gasteiger partial charge in [0.05, 0.1) is 19.3 Å². The molecule has 1 aliphatic carbocycles. The van der Waals surface area contributed by atoms with E-state index in [1.807, 2.05) is 7.05 Å². The van der Waals surface area contributed by atoms with Crippen molar-refractivity contribution in [1.29, 1.82) is 0 Å². The van der Waals surface area contributed by atoms with E-state index in [4.69, 9.17) is 16.3 Å². The summed E-state index contributed by atoms with van der Waals surface area (Å²) in [6.07, 6.45) is 2.55. The van der Waals surface area contributed by atoms with Gasteiger partial charge in [-0.05, 0) is 50.9 Å². The smallest absolute Gasteiger partial charge is 0.238 e. The van der Waals surface area contributed by atoms with Crippen LogP contribution in [0, 0.1) is 5.92 Å². The Morgan fingerprint density at radius 1 is 1.55 bits per heavy atom. The number of hydrogen-bond donors (Lipinski definition) is 1. The zero-order chi connectivity index (χ0) is 14.7. The molecule has 1 saturated carbocycles. The van der Waals surface area contributed by atoms with Crippen molar-refractivity contribution >= 4 is 23.2 Å². The molecule has 1 atom stereocenters. The molecule has 0 radical (unpaired) electrons. The highest BCUT2D eigenvalue weighted by Gasteiger charge is 2.31. The Morgan fingerprint density at radius 2 is 2.25 bits per heavy atom. The van der Waals surface area contributed by atoms with Gasteiger partial charge in [0, 0.05) is 11.1 Å². The second-order valence-electron chi connectivity index (χ2n) is 5.39. The fourth-order valence-electron chi connectivity index (χ4n) is 2.28. The van der Waals surface area contributed by atoms with E-state index in [0.29, 0.717) is 29.0 Å². The van der Waals surface area contributed by atoms with Crippen molar-refractivity contribution in [2.75, 3.05) is 26.0 Å². The Labute approximate surface area is 125 Å². The van der Waals surface area contributed by atoms with Crippen molar-refractivity contribution in [3.05, 3.63) is 23.2 Å². The number of rotatable bonds is 6. The van der Waals surface area contributed by atoms with E-state index in [2.05, 4.69) is 17.1 Å². The number of nitrogens with zero attached hydrogens (tertiary/aromatic N) is 1. The molecule has 1 amide bonds. The standard InChI is InChI=1S/C15H21ClN2O2/c1-10(11-4-5-11)18(2)9-15(19)17-13-8-12(16)6-7-14(13)20-3/h6-8,10-11H,4-5,9H2,1-3H3,(H,17,19). The van der Waals surface area contributed by atoms with E-state index in [-0.39, 0.29) is 5.91 Å². The molecular formula is C15H21ClN2O2. The number of carbonyl (C=O) groups excluding carboxylic acids is 1. The van der Waals surface area contributed by atoms with Crippen LogP contribution in [0.25, 0.3) is 0 Å². The first-order valence-corrected chi connectivity index (χ1v) is 7.22. The highest BCUT2D eigenvalue weighted by atomic mass is 35.5. The number of halogens is 1. The number of carbonyl (C=O) groups is 1. The van der Waals surface area contributed by atoms with Gasteiger partial charge >= 0.3 is 0 Å². The van der Waals surface area contributed by atoms with Crippen LogP contribution < -0.4 is 10.1 Å². The molecule has 0 aliphatic heterocycles. The van der Waals surface area contributed by atoms with Gasteiger partial charge in [0.15, 0.2) is 0 Å². The number of ether oxygens (including phenoxy) is 1. The number of methoxy groups -OCH3 is 1. The summed E-state index contributed by atoms with van der Waals surface area (Å²) in [6.45, 7) is 2.54. The molecule has 0 bridgehead atoms. The molecule has 1 aromatic rings. The molecule has 1 aliphatic rings. The van der Waals surface area contributed by atoms with Crippen LogP contribution in [0.15, 0.2) is 18.2 Å². The van der Waals surface area contributed by atoms with E-state index in [9.17, 15) is 4.79 Å². The van der Waals surface area contributed by atoms with Crippen molar-refractivity contribution in [2.24, 2.45) is 5.92 Å². The Bertz CT molecular complexity index is 489. The van der Waals surface area contributed by atoms with Gasteiger partial charge in [-0.15, -0.1) is 0 Å². The maximum atomic E-state index is 12.1. The van der Waals surface area contributed by atoms with Gasteiger partial charge in [-0.1, -0.05) is 11.6 Å². The van der Waals surface area contributed by atoms with Crippen LogP contribution in [0.2, 0.25) is 5.02 Å². The summed E-state index contributed by atoms with van der Waals surface area (Å²) in [6, 6.07) is 5.62. The third kappa shape index (κ3) is 3.87. The predicted octanol–water partition coefficient (Wildman–Crippen LogP) is 3.02. The molecule has 1 unspecified atom stereocenters. The van der Waals surface area contributed by atoms with Gasteiger partial charge in [-0.3, -0.25) is 9.69 Å². The average Bonchev–Trinajstić information content (AvgIpc) is 3.22. The number of anilines is 1. The Kier molecular flexibility index (Phi) is 4.89. The fraction of sp³-hybridized carbons (Fsp3) is 0.533. The van der Waals surface area contributed by atoms with Crippen molar-refractivity contribution in [2.45, 2.75) is 25.8 Å². The maximum absolute atomic E-state index is 12.1. The van der Waals surface area contributed by atoms with E-state index >= 15 is 0 Å². The van der Waals surface area contributed by atoms with Crippen LogP contribution >= 0.6 is 11.6 Å². The Morgan fingerprint density at radius 3 is 2.85 bits per heavy atom. The van der Waals surface area contributed by atoms with Crippen molar-refractivity contribution in [3.63, 3.8) is 0 Å². The lowest BCUT2D eigenvalue weighted by molar-refractivity contribution is -0.117. The van der Waals surface area contributed by atoms with Crippen LogP contribution in [-0.2, 0) is 4.79 Å². The minimum absolute atomic E-state index is 0.0550. The number of benzene rings is 1. The van der Waals surface area contributed by atoms with Crippen LogP contribution in [0.1, 0.15) is 19.8 Å². The fourth-order valence-corrected chi connectivity index (χ4v) is 2.45. The molecule has 1 fully saturated rings. The molecule has 0 aromatic heterocycles. The summed E-state index contributed by atoms with van der Waals surface area (Å²) < 4.78 is 5.21. The molecule has 20 heavy (non-hydrogen) atoms. The number of likely N-dealkylation sites (N-methyl/N-ethyl adjacent to an activating group) is 1. The zero-order valence-corrected chi connectivity index (χ0v) is 12.9. The molecule has 110 valence electrons. The van der Waals surface area contributed by atoms with Crippen LogP contribution in [0.5, 0.6) is 5.75 Å². The quantitative estimate of drug-likeness (QED) is 0.877. The molecular weight excluding hydrogens is 276 g/mol. The predicted molar refractivity (Wildman–Crippen MR) is 81.4 cm³/mol. The first-order chi connectivity index (χ1) is 9.51. The SMILES string of the molecule is COc1ccc(Cl)cc1NC(=O)CN(C)C(C)C1CC1. The van der Waals surface area contributed by atoms with Gasteiger partial charge < -0.3 is 10.1 Å². The Hall–Kier alpha value is -1.26. The largest absolute Gasteiger partial charge is 0.495 e.